The summed E-state index contributed by atoms with van der Waals surface area (Å²) in [6.45, 7) is 0.969. The number of hydrogen-bond acceptors (Lipinski definition) is 5. The lowest BCUT2D eigenvalue weighted by Crippen LogP contribution is -2.61. The molecule has 8 nitrogen and oxygen atoms in total. The lowest BCUT2D eigenvalue weighted by molar-refractivity contribution is -0.149. The lowest BCUT2D eigenvalue weighted by atomic mass is 9.74. The van der Waals surface area contributed by atoms with Crippen molar-refractivity contribution in [1.82, 2.24) is 10.2 Å². The van der Waals surface area contributed by atoms with Crippen LogP contribution in [0.2, 0.25) is 0 Å². The van der Waals surface area contributed by atoms with Crippen LogP contribution in [0.1, 0.15) is 29.9 Å². The van der Waals surface area contributed by atoms with Crippen molar-refractivity contribution in [2.75, 3.05) is 26.4 Å². The highest BCUT2D eigenvalue weighted by molar-refractivity contribution is 5.92. The van der Waals surface area contributed by atoms with Gasteiger partial charge in [0.25, 0.3) is 5.91 Å². The molecule has 1 saturated carbocycles. The smallest absolute Gasteiger partial charge is 0.408 e. The fraction of sp³-hybridized carbons (Fsp3) is 0.423. The van der Waals surface area contributed by atoms with Crippen molar-refractivity contribution in [2.45, 2.75) is 30.3 Å². The van der Waals surface area contributed by atoms with E-state index >= 15 is 0 Å². The third kappa shape index (κ3) is 3.12. The van der Waals surface area contributed by atoms with Crippen molar-refractivity contribution >= 4 is 18.0 Å². The summed E-state index contributed by atoms with van der Waals surface area (Å²) >= 11 is 0. The number of carboxylic acid groups (broad SMARTS) is 1. The van der Waals surface area contributed by atoms with E-state index < -0.39 is 23.5 Å². The number of rotatable bonds is 5. The lowest BCUT2D eigenvalue weighted by Gasteiger charge is -2.37. The van der Waals surface area contributed by atoms with Gasteiger partial charge in [0, 0.05) is 31.5 Å². The predicted molar refractivity (Wildman–Crippen MR) is 121 cm³/mol. The van der Waals surface area contributed by atoms with Crippen LogP contribution in [-0.2, 0) is 19.1 Å². The highest BCUT2D eigenvalue weighted by Crippen LogP contribution is 2.48. The normalized spacial score (nSPS) is 28.7. The molecule has 4 unspecified atom stereocenters. The minimum absolute atomic E-state index is 0.0136. The number of hydrogen-bond donors (Lipinski definition) is 2. The summed E-state index contributed by atoms with van der Waals surface area (Å²) in [7, 11) is 0. The van der Waals surface area contributed by atoms with Crippen LogP contribution in [0.4, 0.5) is 4.79 Å². The van der Waals surface area contributed by atoms with Crippen molar-refractivity contribution in [3.8, 4) is 11.1 Å². The van der Waals surface area contributed by atoms with Gasteiger partial charge in [-0.15, -0.1) is 0 Å². The molecule has 2 amide bonds. The van der Waals surface area contributed by atoms with Gasteiger partial charge in [-0.05, 0) is 34.6 Å². The van der Waals surface area contributed by atoms with E-state index in [1.54, 1.807) is 4.90 Å². The summed E-state index contributed by atoms with van der Waals surface area (Å²) in [5.74, 6) is -1.74. The monoisotopic (exact) mass is 462 g/mol. The standard InChI is InChI=1S/C26H26N2O6/c29-23(30)22-15-11-21(22)28(12-15)24(31)26(9-10-33-14-26)27-25(32)34-13-20-18-7-3-1-5-16(18)17-6-2-4-8-19(17)20/h1-8,15,20-22H,9-14H2,(H,27,32)(H,29,30). The highest BCUT2D eigenvalue weighted by atomic mass is 16.6. The molecular weight excluding hydrogens is 436 g/mol. The summed E-state index contributed by atoms with van der Waals surface area (Å²) in [5.41, 5.74) is 3.29. The van der Waals surface area contributed by atoms with Gasteiger partial charge in [-0.3, -0.25) is 9.59 Å². The minimum atomic E-state index is -1.22. The van der Waals surface area contributed by atoms with Gasteiger partial charge in [-0.2, -0.15) is 0 Å². The van der Waals surface area contributed by atoms with Gasteiger partial charge < -0.3 is 24.8 Å². The van der Waals surface area contributed by atoms with Gasteiger partial charge in [0.2, 0.25) is 0 Å². The van der Waals surface area contributed by atoms with E-state index in [0.717, 1.165) is 22.3 Å². The first-order valence-electron chi connectivity index (χ1n) is 11.7. The highest BCUT2D eigenvalue weighted by Gasteiger charge is 2.60. The van der Waals surface area contributed by atoms with Gasteiger partial charge in [0.1, 0.15) is 12.1 Å². The van der Waals surface area contributed by atoms with Crippen molar-refractivity contribution in [2.24, 2.45) is 11.8 Å². The average molecular weight is 463 g/mol. The largest absolute Gasteiger partial charge is 0.481 e. The Hall–Kier alpha value is -3.39. The molecule has 0 aromatic heterocycles. The van der Waals surface area contributed by atoms with E-state index in [4.69, 9.17) is 9.47 Å². The van der Waals surface area contributed by atoms with Gasteiger partial charge >= 0.3 is 12.1 Å². The number of carboxylic acids is 1. The molecular formula is C26H26N2O6. The third-order valence-electron chi connectivity index (χ3n) is 7.96. The molecule has 3 aliphatic heterocycles. The molecule has 3 heterocycles. The van der Waals surface area contributed by atoms with Crippen LogP contribution in [0.5, 0.6) is 0 Å². The molecule has 8 heteroatoms. The van der Waals surface area contributed by atoms with Crippen LogP contribution < -0.4 is 5.32 Å². The van der Waals surface area contributed by atoms with E-state index in [0.29, 0.717) is 26.0 Å². The minimum Gasteiger partial charge on any atom is -0.481 e. The van der Waals surface area contributed by atoms with Gasteiger partial charge in [-0.25, -0.2) is 4.79 Å². The van der Waals surface area contributed by atoms with Crippen molar-refractivity contribution in [3.05, 3.63) is 59.7 Å². The first-order chi connectivity index (χ1) is 16.5. The van der Waals surface area contributed by atoms with Gasteiger partial charge in [0.05, 0.1) is 12.5 Å². The SMILES string of the molecule is O=C(NC1(C(=O)N2CC3CC2C3C(=O)O)CCOC1)OCC1c2ccccc2-c2ccccc21. The molecule has 5 aliphatic rings. The second kappa shape index (κ2) is 7.84. The molecule has 0 spiro atoms. The second-order valence-electron chi connectivity index (χ2n) is 9.72. The Morgan fingerprint density at radius 1 is 1.09 bits per heavy atom. The molecule has 4 fully saturated rings. The molecule has 0 radical (unpaired) electrons. The number of nitrogens with one attached hydrogen (secondary N) is 1. The molecule has 4 atom stereocenters. The molecule has 34 heavy (non-hydrogen) atoms. The first kappa shape index (κ1) is 21.2. The number of alkyl carbamates (subject to hydrolysis) is 1. The van der Waals surface area contributed by atoms with Crippen molar-refractivity contribution < 1.29 is 29.0 Å². The number of fused-ring (bicyclic) bond motifs is 4. The van der Waals surface area contributed by atoms with E-state index in [1.165, 1.54) is 0 Å². The van der Waals surface area contributed by atoms with E-state index in [9.17, 15) is 19.5 Å². The Bertz CT molecular complexity index is 1130. The number of amides is 2. The van der Waals surface area contributed by atoms with Crippen LogP contribution >= 0.6 is 0 Å². The zero-order chi connectivity index (χ0) is 23.4. The fourth-order valence-electron chi connectivity index (χ4n) is 6.21. The number of benzene rings is 2. The zero-order valence-corrected chi connectivity index (χ0v) is 18.6. The van der Waals surface area contributed by atoms with Crippen LogP contribution in [0.25, 0.3) is 11.1 Å². The van der Waals surface area contributed by atoms with E-state index in [1.807, 2.05) is 24.3 Å². The summed E-state index contributed by atoms with van der Waals surface area (Å²) in [6, 6.07) is 15.9. The summed E-state index contributed by atoms with van der Waals surface area (Å²) < 4.78 is 11.2. The summed E-state index contributed by atoms with van der Waals surface area (Å²) in [5, 5.41) is 12.2. The topological polar surface area (TPSA) is 105 Å². The summed E-state index contributed by atoms with van der Waals surface area (Å²) in [6.07, 6.45) is 0.369. The second-order valence-corrected chi connectivity index (χ2v) is 9.72. The molecule has 7 rings (SSSR count). The van der Waals surface area contributed by atoms with Crippen LogP contribution in [-0.4, -0.2) is 65.9 Å². The predicted octanol–water partition coefficient (Wildman–Crippen LogP) is 2.62. The van der Waals surface area contributed by atoms with E-state index in [2.05, 4.69) is 29.6 Å². The Kier molecular flexibility index (Phi) is 4.88. The molecule has 2 N–H and O–H groups in total. The number of carbonyl (C=O) groups excluding carboxylic acids is 2. The maximum absolute atomic E-state index is 13.5. The van der Waals surface area contributed by atoms with Crippen molar-refractivity contribution in [3.63, 3.8) is 0 Å². The van der Waals surface area contributed by atoms with Gasteiger partial charge in [0.15, 0.2) is 0 Å². The molecule has 176 valence electrons. The quantitative estimate of drug-likeness (QED) is 0.708. The van der Waals surface area contributed by atoms with Crippen molar-refractivity contribution in [1.29, 1.82) is 0 Å². The number of nitrogens with zero attached hydrogens (tertiary/aromatic N) is 1. The van der Waals surface area contributed by atoms with Crippen LogP contribution in [0.3, 0.4) is 0 Å². The Labute approximate surface area is 196 Å². The van der Waals surface area contributed by atoms with Crippen LogP contribution in [0, 0.1) is 11.8 Å². The van der Waals surface area contributed by atoms with E-state index in [-0.39, 0.29) is 37.0 Å². The Morgan fingerprint density at radius 3 is 2.35 bits per heavy atom. The Balaban J connectivity index is 1.16. The molecule has 2 aromatic carbocycles. The fourth-order valence-corrected chi connectivity index (χ4v) is 6.21. The third-order valence-corrected chi connectivity index (χ3v) is 7.96. The average Bonchev–Trinajstić information content (AvgIpc) is 3.59. The number of aliphatic carboxylic acids is 1. The Morgan fingerprint density at radius 2 is 1.76 bits per heavy atom. The van der Waals surface area contributed by atoms with Gasteiger partial charge in [-0.1, -0.05) is 48.5 Å². The summed E-state index contributed by atoms with van der Waals surface area (Å²) in [4.78, 5) is 39.5. The molecule has 2 aliphatic carbocycles. The van der Waals surface area contributed by atoms with Crippen LogP contribution in [0.15, 0.2) is 48.5 Å². The maximum atomic E-state index is 13.5. The number of ether oxygens (including phenoxy) is 2. The molecule has 2 bridgehead atoms. The first-order valence-corrected chi connectivity index (χ1v) is 11.7. The molecule has 3 saturated heterocycles. The zero-order valence-electron chi connectivity index (χ0n) is 18.6. The molecule has 2 aromatic rings. The maximum Gasteiger partial charge on any atom is 0.408 e. The number of carbonyl (C=O) groups is 3.